The van der Waals surface area contributed by atoms with E-state index in [1.54, 1.807) is 27.7 Å². The Balaban J connectivity index is 1.23. The number of aromatic nitrogens is 2. The van der Waals surface area contributed by atoms with Gasteiger partial charge in [0, 0.05) is 29.7 Å². The minimum atomic E-state index is -1.09. The summed E-state index contributed by atoms with van der Waals surface area (Å²) in [6.07, 6.45) is 2.50. The largest absolute Gasteiger partial charge is 0.472 e. The molecule has 2 N–H and O–H groups in total. The first-order valence-corrected chi connectivity index (χ1v) is 18.7. The van der Waals surface area contributed by atoms with Crippen LogP contribution in [0.25, 0.3) is 21.7 Å². The molecule has 4 heterocycles. The van der Waals surface area contributed by atoms with Crippen LogP contribution in [0, 0.1) is 18.3 Å². The number of esters is 1. The normalized spacial score (nSPS) is 27.0. The van der Waals surface area contributed by atoms with Gasteiger partial charge in [-0.05, 0) is 76.8 Å². The molecule has 1 unspecified atom stereocenters. The Morgan fingerprint density at radius 2 is 1.70 bits per heavy atom. The Hall–Kier alpha value is -4.84. The standard InChI is InChI=1S/C41H48N4O8/c1-24-18-33(44-53-24)36(48)42-32-17-7-5-6-12-26(46)19-25-21-41(25,39(50)52-40(2,3)4)22-35(47)34-20-27(23-45(34)38(32)49)51-37-30-15-9-8-13-28(30)29-14-10-11-16-31(29)43-37/h8-11,13-16,18,25-27,32,34,46H,5-7,12,17,19-23H2,1-4H3,(H,42,48)/t25-,26?,27-,32+,34+,41-/m1/s1. The number of nitrogens with one attached hydrogen (secondary N) is 1. The van der Waals surface area contributed by atoms with Crippen molar-refractivity contribution in [3.8, 4) is 5.88 Å². The van der Waals surface area contributed by atoms with Crippen molar-refractivity contribution in [3.63, 3.8) is 0 Å². The lowest BCUT2D eigenvalue weighted by Crippen LogP contribution is -2.52. The fourth-order valence-corrected chi connectivity index (χ4v) is 8.10. The molecule has 2 aliphatic heterocycles. The number of rotatable bonds is 5. The lowest BCUT2D eigenvalue weighted by molar-refractivity contribution is -0.164. The van der Waals surface area contributed by atoms with Gasteiger partial charge >= 0.3 is 5.97 Å². The molecule has 12 nitrogen and oxygen atoms in total. The van der Waals surface area contributed by atoms with Gasteiger partial charge in [-0.3, -0.25) is 19.2 Å². The summed E-state index contributed by atoms with van der Waals surface area (Å²) in [5.41, 5.74) is -1.05. The molecule has 0 spiro atoms. The first-order valence-electron chi connectivity index (χ1n) is 18.7. The van der Waals surface area contributed by atoms with Gasteiger partial charge in [-0.25, -0.2) is 4.98 Å². The van der Waals surface area contributed by atoms with E-state index in [9.17, 15) is 24.3 Å². The van der Waals surface area contributed by atoms with Gasteiger partial charge in [0.25, 0.3) is 5.91 Å². The number of pyridine rings is 1. The number of ketones is 1. The van der Waals surface area contributed by atoms with Crippen molar-refractivity contribution >= 4 is 45.2 Å². The zero-order valence-corrected chi connectivity index (χ0v) is 30.8. The summed E-state index contributed by atoms with van der Waals surface area (Å²) in [5.74, 6) is -1.06. The fourth-order valence-electron chi connectivity index (χ4n) is 8.10. The predicted octanol–water partition coefficient (Wildman–Crippen LogP) is 5.85. The van der Waals surface area contributed by atoms with Crippen molar-refractivity contribution in [2.45, 2.75) is 115 Å². The van der Waals surface area contributed by atoms with Crippen LogP contribution in [0.2, 0.25) is 0 Å². The number of carbonyl (C=O) groups excluding carboxylic acids is 4. The molecule has 0 bridgehead atoms. The Kier molecular flexibility index (Phi) is 10.0. The van der Waals surface area contributed by atoms with Crippen LogP contribution in [0.3, 0.4) is 0 Å². The van der Waals surface area contributed by atoms with Crippen molar-refractivity contribution in [1.29, 1.82) is 0 Å². The van der Waals surface area contributed by atoms with Gasteiger partial charge in [-0.15, -0.1) is 0 Å². The monoisotopic (exact) mass is 724 g/mol. The van der Waals surface area contributed by atoms with Crippen LogP contribution in [0.1, 0.15) is 94.8 Å². The number of nitrogens with zero attached hydrogens (tertiary/aromatic N) is 3. The minimum Gasteiger partial charge on any atom is -0.472 e. The van der Waals surface area contributed by atoms with E-state index in [2.05, 4.69) is 10.5 Å². The average Bonchev–Trinajstić information content (AvgIpc) is 3.39. The third-order valence-electron chi connectivity index (χ3n) is 10.8. The number of benzene rings is 2. The smallest absolute Gasteiger partial charge is 0.313 e. The zero-order chi connectivity index (χ0) is 37.5. The maximum absolute atomic E-state index is 14.6. The number of amides is 2. The van der Waals surface area contributed by atoms with E-state index in [1.807, 2.05) is 48.5 Å². The lowest BCUT2D eigenvalue weighted by atomic mass is 9.90. The lowest BCUT2D eigenvalue weighted by Gasteiger charge is -2.30. The molecule has 2 amide bonds. The second kappa shape index (κ2) is 14.5. The molecule has 3 fully saturated rings. The SMILES string of the molecule is Cc1cc(C(=O)N[C@H]2CCCCCC(O)C[C@@H]3C[C@@]3(C(=O)OC(C)(C)C)CC(=O)[C@@H]3C[C@@H](Oc4nc5ccccc5c5ccccc45)CN3C2=O)no1. The van der Waals surface area contributed by atoms with Crippen molar-refractivity contribution in [2.75, 3.05) is 6.54 Å². The molecule has 2 aromatic carbocycles. The van der Waals surface area contributed by atoms with Crippen LogP contribution < -0.4 is 10.1 Å². The molecule has 4 aromatic rings. The van der Waals surface area contributed by atoms with Crippen molar-refractivity contribution in [3.05, 3.63) is 66.1 Å². The molecule has 2 saturated heterocycles. The number of hydrogen-bond donors (Lipinski definition) is 2. The molecule has 280 valence electrons. The van der Waals surface area contributed by atoms with Gasteiger partial charge in [0.1, 0.15) is 23.5 Å². The molecule has 3 aliphatic rings. The summed E-state index contributed by atoms with van der Waals surface area (Å²) < 4.78 is 17.6. The van der Waals surface area contributed by atoms with E-state index in [0.29, 0.717) is 50.2 Å². The fraction of sp³-hybridized carbons (Fsp3) is 0.512. The van der Waals surface area contributed by atoms with Gasteiger partial charge in [0.05, 0.1) is 29.6 Å². The first-order chi connectivity index (χ1) is 25.3. The van der Waals surface area contributed by atoms with Crippen molar-refractivity contribution < 1.29 is 38.3 Å². The highest BCUT2D eigenvalue weighted by molar-refractivity contribution is 6.07. The van der Waals surface area contributed by atoms with Gasteiger partial charge in [0.2, 0.25) is 11.8 Å². The Bertz CT molecular complexity index is 2040. The van der Waals surface area contributed by atoms with Gasteiger partial charge in [-0.1, -0.05) is 60.8 Å². The number of carbonyl (C=O) groups is 4. The first kappa shape index (κ1) is 36.5. The third-order valence-corrected chi connectivity index (χ3v) is 10.8. The van der Waals surface area contributed by atoms with Gasteiger partial charge in [0.15, 0.2) is 11.5 Å². The molecule has 2 aromatic heterocycles. The van der Waals surface area contributed by atoms with Crippen LogP contribution >= 0.6 is 0 Å². The van der Waals surface area contributed by atoms with Crippen molar-refractivity contribution in [1.82, 2.24) is 20.4 Å². The molecule has 1 saturated carbocycles. The van der Waals surface area contributed by atoms with Crippen molar-refractivity contribution in [2.24, 2.45) is 11.3 Å². The van der Waals surface area contributed by atoms with Crippen LogP contribution in [0.4, 0.5) is 0 Å². The topological polar surface area (TPSA) is 161 Å². The summed E-state index contributed by atoms with van der Waals surface area (Å²) in [5, 5.41) is 20.4. The Labute approximate surface area is 308 Å². The molecular formula is C41H48N4O8. The maximum atomic E-state index is 14.6. The van der Waals surface area contributed by atoms with Gasteiger partial charge < -0.3 is 29.3 Å². The van der Waals surface area contributed by atoms with E-state index in [0.717, 1.165) is 28.1 Å². The number of aliphatic hydroxyl groups excluding tert-OH is 1. The number of aliphatic hydroxyl groups is 1. The minimum absolute atomic E-state index is 0.0536. The zero-order valence-electron chi connectivity index (χ0n) is 30.8. The molecule has 53 heavy (non-hydrogen) atoms. The summed E-state index contributed by atoms with van der Waals surface area (Å²) in [4.78, 5) is 62.7. The number of para-hydroxylation sites is 1. The Morgan fingerprint density at radius 3 is 2.43 bits per heavy atom. The molecule has 7 rings (SSSR count). The van der Waals surface area contributed by atoms with Crippen LogP contribution in [0.15, 0.2) is 59.1 Å². The molecule has 6 atom stereocenters. The average molecular weight is 725 g/mol. The molecule has 1 aliphatic carbocycles. The summed E-state index contributed by atoms with van der Waals surface area (Å²) in [6.45, 7) is 7.13. The van der Waals surface area contributed by atoms with E-state index in [4.69, 9.17) is 19.0 Å². The second-order valence-electron chi connectivity index (χ2n) is 16.0. The van der Waals surface area contributed by atoms with Crippen LogP contribution in [-0.4, -0.2) is 80.2 Å². The number of aryl methyl sites for hydroxylation is 1. The van der Waals surface area contributed by atoms with E-state index in [1.165, 1.54) is 11.0 Å². The molecule has 0 radical (unpaired) electrons. The van der Waals surface area contributed by atoms with E-state index < -0.39 is 53.1 Å². The van der Waals surface area contributed by atoms with E-state index >= 15 is 0 Å². The van der Waals surface area contributed by atoms with E-state index in [-0.39, 0.29) is 36.8 Å². The molecule has 12 heteroatoms. The summed E-state index contributed by atoms with van der Waals surface area (Å²) in [6, 6.07) is 15.3. The highest BCUT2D eigenvalue weighted by Crippen LogP contribution is 2.59. The maximum Gasteiger partial charge on any atom is 0.313 e. The number of ether oxygens (including phenoxy) is 2. The van der Waals surface area contributed by atoms with Crippen LogP contribution in [-0.2, 0) is 19.1 Å². The third kappa shape index (κ3) is 7.78. The second-order valence-corrected chi connectivity index (χ2v) is 16.0. The summed E-state index contributed by atoms with van der Waals surface area (Å²) >= 11 is 0. The van der Waals surface area contributed by atoms with Crippen LogP contribution in [0.5, 0.6) is 5.88 Å². The molecular weight excluding hydrogens is 676 g/mol. The Morgan fingerprint density at radius 1 is 0.981 bits per heavy atom. The quantitative estimate of drug-likeness (QED) is 0.189. The van der Waals surface area contributed by atoms with Gasteiger partial charge in [-0.2, -0.15) is 0 Å². The highest BCUT2D eigenvalue weighted by atomic mass is 16.6. The predicted molar refractivity (Wildman–Crippen MR) is 196 cm³/mol. The number of hydrogen-bond acceptors (Lipinski definition) is 10. The summed E-state index contributed by atoms with van der Waals surface area (Å²) in [7, 11) is 0. The number of Topliss-reactive ketones (excluding diaryl/α,β-unsaturated/α-hetero) is 1. The highest BCUT2D eigenvalue weighted by Gasteiger charge is 2.63. The number of fused-ring (bicyclic) bond motifs is 5.